The predicted octanol–water partition coefficient (Wildman–Crippen LogP) is 1.98. The van der Waals surface area contributed by atoms with E-state index in [9.17, 15) is 4.39 Å². The summed E-state index contributed by atoms with van der Waals surface area (Å²) >= 11 is 0. The molecular formula is C3H8FI. The zero-order valence-corrected chi connectivity index (χ0v) is 5.53. The molecular weight excluding hydrogens is 182 g/mol. The summed E-state index contributed by atoms with van der Waals surface area (Å²) in [5.74, 6) is 0. The molecule has 0 aromatic heterocycles. The molecule has 0 heterocycles. The first-order chi connectivity index (χ1) is 1.91. The maximum atomic E-state index is 10.7. The zero-order valence-electron chi connectivity index (χ0n) is 3.20. The molecule has 0 saturated heterocycles. The van der Waals surface area contributed by atoms with Gasteiger partial charge >= 0.3 is 0 Å². The molecule has 2 heteroatoms. The summed E-state index contributed by atoms with van der Waals surface area (Å²) in [5.41, 5.74) is 0. The van der Waals surface area contributed by atoms with Crippen LogP contribution in [0.1, 0.15) is 13.3 Å². The van der Waals surface area contributed by atoms with Gasteiger partial charge in [-0.2, -0.15) is 0 Å². The lowest BCUT2D eigenvalue weighted by Crippen LogP contribution is -1.58. The maximum Gasteiger partial charge on any atom is 0.0891 e. The molecule has 0 radical (unpaired) electrons. The second-order valence-corrected chi connectivity index (χ2v) is 0.689. The first-order valence-corrected chi connectivity index (χ1v) is 1.47. The van der Waals surface area contributed by atoms with Crippen molar-refractivity contribution < 1.29 is 4.39 Å². The van der Waals surface area contributed by atoms with Gasteiger partial charge in [0.2, 0.25) is 0 Å². The fourth-order valence-corrected chi connectivity index (χ4v) is 0. The Morgan fingerprint density at radius 2 is 1.80 bits per heavy atom. The Labute approximate surface area is 48.8 Å². The van der Waals surface area contributed by atoms with E-state index in [1.54, 1.807) is 6.92 Å². The molecule has 5 heavy (non-hydrogen) atoms. The molecule has 0 aliphatic heterocycles. The number of halogens is 2. The SMILES string of the molecule is CCCF.I. The Morgan fingerprint density at radius 3 is 1.80 bits per heavy atom. The van der Waals surface area contributed by atoms with Crippen molar-refractivity contribution in [1.82, 2.24) is 0 Å². The van der Waals surface area contributed by atoms with Crippen LogP contribution in [0.4, 0.5) is 4.39 Å². The summed E-state index contributed by atoms with van der Waals surface area (Å²) in [6, 6.07) is 0. The minimum absolute atomic E-state index is 0. The fraction of sp³-hybridized carbons (Fsp3) is 1.00. The van der Waals surface area contributed by atoms with Crippen LogP contribution in [-0.2, 0) is 0 Å². The molecule has 0 spiro atoms. The van der Waals surface area contributed by atoms with Crippen LogP contribution < -0.4 is 0 Å². The Balaban J connectivity index is 0. The van der Waals surface area contributed by atoms with E-state index >= 15 is 0 Å². The number of hydrogen-bond acceptors (Lipinski definition) is 0. The lowest BCUT2D eigenvalue weighted by molar-refractivity contribution is 0.487. The predicted molar refractivity (Wildman–Crippen MR) is 31.7 cm³/mol. The van der Waals surface area contributed by atoms with Crippen LogP contribution >= 0.6 is 24.0 Å². The molecule has 0 fully saturated rings. The van der Waals surface area contributed by atoms with Crippen LogP contribution in [0.2, 0.25) is 0 Å². The minimum atomic E-state index is -0.181. The molecule has 0 amide bonds. The van der Waals surface area contributed by atoms with Crippen molar-refractivity contribution >= 4 is 24.0 Å². The molecule has 0 aromatic rings. The summed E-state index contributed by atoms with van der Waals surface area (Å²) in [7, 11) is 0. The van der Waals surface area contributed by atoms with Crippen LogP contribution in [0.5, 0.6) is 0 Å². The van der Waals surface area contributed by atoms with E-state index < -0.39 is 0 Å². The van der Waals surface area contributed by atoms with Gasteiger partial charge in [0.15, 0.2) is 0 Å². The van der Waals surface area contributed by atoms with Gasteiger partial charge < -0.3 is 0 Å². The monoisotopic (exact) mass is 190 g/mol. The highest BCUT2D eigenvalue weighted by molar-refractivity contribution is 14.0. The lowest BCUT2D eigenvalue weighted by atomic mass is 10.6. The molecule has 0 aliphatic carbocycles. The zero-order chi connectivity index (χ0) is 3.41. The first-order valence-electron chi connectivity index (χ1n) is 1.47. The van der Waals surface area contributed by atoms with Gasteiger partial charge in [-0.1, -0.05) is 6.92 Å². The minimum Gasteiger partial charge on any atom is -0.251 e. The molecule has 0 aromatic carbocycles. The van der Waals surface area contributed by atoms with Gasteiger partial charge in [-0.25, -0.2) is 0 Å². The van der Waals surface area contributed by atoms with Crippen molar-refractivity contribution in [3.63, 3.8) is 0 Å². The first kappa shape index (κ1) is 9.18. The number of rotatable bonds is 1. The maximum absolute atomic E-state index is 10.7. The van der Waals surface area contributed by atoms with E-state index in [2.05, 4.69) is 0 Å². The topological polar surface area (TPSA) is 0 Å². The van der Waals surface area contributed by atoms with Gasteiger partial charge in [-0.15, -0.1) is 24.0 Å². The quantitative estimate of drug-likeness (QED) is 0.554. The van der Waals surface area contributed by atoms with Crippen molar-refractivity contribution in [2.75, 3.05) is 6.67 Å². The molecule has 0 saturated carbocycles. The summed E-state index contributed by atoms with van der Waals surface area (Å²) < 4.78 is 10.7. The Hall–Kier alpha value is 0.660. The van der Waals surface area contributed by atoms with E-state index in [4.69, 9.17) is 0 Å². The second kappa shape index (κ2) is 8.82. The van der Waals surface area contributed by atoms with Crippen molar-refractivity contribution in [2.45, 2.75) is 13.3 Å². The molecule has 0 atom stereocenters. The molecule has 0 rings (SSSR count). The summed E-state index contributed by atoms with van der Waals surface area (Å²) in [6.45, 7) is 1.62. The summed E-state index contributed by atoms with van der Waals surface area (Å²) in [6.07, 6.45) is 0.653. The van der Waals surface area contributed by atoms with Gasteiger partial charge in [-0.05, 0) is 6.42 Å². The Kier molecular flexibility index (Phi) is 16.2. The van der Waals surface area contributed by atoms with Gasteiger partial charge in [0.1, 0.15) is 0 Å². The third-order valence-corrected chi connectivity index (χ3v) is 0.189. The van der Waals surface area contributed by atoms with Crippen LogP contribution in [0, 0.1) is 0 Å². The summed E-state index contributed by atoms with van der Waals surface area (Å²) in [5, 5.41) is 0. The number of hydrogen-bond donors (Lipinski definition) is 0. The van der Waals surface area contributed by atoms with E-state index in [-0.39, 0.29) is 30.7 Å². The van der Waals surface area contributed by atoms with E-state index in [1.165, 1.54) is 0 Å². The molecule has 34 valence electrons. The largest absolute Gasteiger partial charge is 0.251 e. The molecule has 0 bridgehead atoms. The highest BCUT2D eigenvalue weighted by Crippen LogP contribution is 1.69. The van der Waals surface area contributed by atoms with Crippen LogP contribution in [0.25, 0.3) is 0 Å². The van der Waals surface area contributed by atoms with E-state index in [0.717, 1.165) is 0 Å². The third-order valence-electron chi connectivity index (χ3n) is 0.189. The van der Waals surface area contributed by atoms with Gasteiger partial charge in [-0.3, -0.25) is 4.39 Å². The van der Waals surface area contributed by atoms with E-state index in [0.29, 0.717) is 6.42 Å². The molecule has 0 aliphatic rings. The third kappa shape index (κ3) is 12.0. The average Bonchev–Trinajstić information content (AvgIpc) is 1.37. The molecule has 0 N–H and O–H groups in total. The smallest absolute Gasteiger partial charge is 0.0891 e. The van der Waals surface area contributed by atoms with E-state index in [1.807, 2.05) is 0 Å². The van der Waals surface area contributed by atoms with Crippen molar-refractivity contribution in [3.8, 4) is 0 Å². The van der Waals surface area contributed by atoms with Crippen molar-refractivity contribution in [2.24, 2.45) is 0 Å². The lowest BCUT2D eigenvalue weighted by Gasteiger charge is -1.64. The second-order valence-electron chi connectivity index (χ2n) is 0.689. The molecule has 0 unspecified atom stereocenters. The van der Waals surface area contributed by atoms with Crippen molar-refractivity contribution in [3.05, 3.63) is 0 Å². The van der Waals surface area contributed by atoms with Crippen LogP contribution in [0.15, 0.2) is 0 Å². The van der Waals surface area contributed by atoms with Crippen LogP contribution in [-0.4, -0.2) is 6.67 Å². The average molecular weight is 190 g/mol. The Bertz CT molecular complexity index is 8.85. The number of alkyl halides is 1. The Morgan fingerprint density at radius 1 is 1.60 bits per heavy atom. The van der Waals surface area contributed by atoms with Crippen LogP contribution in [0.3, 0.4) is 0 Å². The standard InChI is InChI=1S/C3H7F.HI/c1-2-3-4;/h2-3H2,1H3;1H. The van der Waals surface area contributed by atoms with Crippen molar-refractivity contribution in [1.29, 1.82) is 0 Å². The highest BCUT2D eigenvalue weighted by Gasteiger charge is 1.60. The molecule has 0 nitrogen and oxygen atoms in total. The highest BCUT2D eigenvalue weighted by atomic mass is 127. The summed E-state index contributed by atoms with van der Waals surface area (Å²) in [4.78, 5) is 0. The van der Waals surface area contributed by atoms with Gasteiger partial charge in [0, 0.05) is 0 Å². The van der Waals surface area contributed by atoms with Gasteiger partial charge in [0.25, 0.3) is 0 Å². The van der Waals surface area contributed by atoms with Gasteiger partial charge in [0.05, 0.1) is 6.67 Å². The normalized spacial score (nSPS) is 6.00. The fourth-order valence-electron chi connectivity index (χ4n) is 0.